The maximum absolute atomic E-state index is 12.6. The fourth-order valence-electron chi connectivity index (χ4n) is 7.64. The van der Waals surface area contributed by atoms with E-state index in [1.807, 2.05) is 0 Å². The number of Topliss-reactive ketones (excluding diaryl/α,β-unsaturated/α-hetero) is 1. The van der Waals surface area contributed by atoms with Gasteiger partial charge in [-0.15, -0.1) is 0 Å². The molecule has 0 N–H and O–H groups in total. The Balaban J connectivity index is 1.61. The van der Waals surface area contributed by atoms with E-state index in [0.29, 0.717) is 36.1 Å². The number of hydrogen-bond donors (Lipinski definition) is 0. The Kier molecular flexibility index (Phi) is 5.08. The SMILES string of the molecule is CC(=O)OCC12CCC(OC(C)=O)CC1CCC1C3CCC(=O)C3(C)CCC12. The minimum atomic E-state index is -0.214. The van der Waals surface area contributed by atoms with Gasteiger partial charge in [0.15, 0.2) is 0 Å². The standard InChI is InChI=1S/C23H34O5/c1-14(24)27-13-23-11-8-17(28-15(2)25)12-16(23)4-5-18-19-6-7-21(26)22(19,3)10-9-20(18)23/h16-20H,4-13H2,1-3H3. The zero-order chi connectivity index (χ0) is 20.1. The van der Waals surface area contributed by atoms with Crippen LogP contribution in [0, 0.1) is 34.5 Å². The van der Waals surface area contributed by atoms with Crippen molar-refractivity contribution in [2.24, 2.45) is 34.5 Å². The molecule has 7 atom stereocenters. The summed E-state index contributed by atoms with van der Waals surface area (Å²) in [5, 5.41) is 0. The van der Waals surface area contributed by atoms with Crippen LogP contribution in [0.2, 0.25) is 0 Å². The number of fused-ring (bicyclic) bond motifs is 5. The third-order valence-electron chi connectivity index (χ3n) is 8.90. The minimum Gasteiger partial charge on any atom is -0.465 e. The first kappa shape index (κ1) is 19.9. The van der Waals surface area contributed by atoms with Crippen LogP contribution in [0.15, 0.2) is 0 Å². The van der Waals surface area contributed by atoms with Crippen molar-refractivity contribution in [3.05, 3.63) is 0 Å². The maximum atomic E-state index is 12.6. The van der Waals surface area contributed by atoms with Crippen LogP contribution in [0.3, 0.4) is 0 Å². The maximum Gasteiger partial charge on any atom is 0.302 e. The molecule has 0 aliphatic heterocycles. The van der Waals surface area contributed by atoms with Gasteiger partial charge in [0.2, 0.25) is 0 Å². The van der Waals surface area contributed by atoms with Crippen molar-refractivity contribution >= 4 is 17.7 Å². The molecule has 0 saturated heterocycles. The summed E-state index contributed by atoms with van der Waals surface area (Å²) in [4.78, 5) is 35.7. The van der Waals surface area contributed by atoms with Crippen molar-refractivity contribution in [1.29, 1.82) is 0 Å². The van der Waals surface area contributed by atoms with Crippen LogP contribution in [-0.2, 0) is 23.9 Å². The second-order valence-corrected chi connectivity index (χ2v) is 10.1. The first-order chi connectivity index (χ1) is 13.3. The van der Waals surface area contributed by atoms with Crippen molar-refractivity contribution < 1.29 is 23.9 Å². The fraction of sp³-hybridized carbons (Fsp3) is 0.870. The third kappa shape index (κ3) is 3.09. The Morgan fingerprint density at radius 2 is 1.79 bits per heavy atom. The normalized spacial score (nSPS) is 44.8. The van der Waals surface area contributed by atoms with Gasteiger partial charge in [-0.2, -0.15) is 0 Å². The Labute approximate surface area is 167 Å². The predicted molar refractivity (Wildman–Crippen MR) is 103 cm³/mol. The summed E-state index contributed by atoms with van der Waals surface area (Å²) in [6, 6.07) is 0. The molecule has 28 heavy (non-hydrogen) atoms. The average Bonchev–Trinajstić information content (AvgIpc) is 2.94. The van der Waals surface area contributed by atoms with Crippen LogP contribution in [-0.4, -0.2) is 30.4 Å². The zero-order valence-electron chi connectivity index (χ0n) is 17.5. The highest BCUT2D eigenvalue weighted by Gasteiger charge is 2.62. The smallest absolute Gasteiger partial charge is 0.302 e. The molecule has 5 nitrogen and oxygen atoms in total. The second kappa shape index (κ2) is 7.14. The molecule has 4 saturated carbocycles. The fourth-order valence-corrected chi connectivity index (χ4v) is 7.64. The summed E-state index contributed by atoms with van der Waals surface area (Å²) in [5.74, 6) is 2.02. The van der Waals surface area contributed by atoms with Gasteiger partial charge in [-0.25, -0.2) is 0 Å². The van der Waals surface area contributed by atoms with Gasteiger partial charge in [-0.1, -0.05) is 6.92 Å². The van der Waals surface area contributed by atoms with Crippen LogP contribution < -0.4 is 0 Å². The van der Waals surface area contributed by atoms with Crippen molar-refractivity contribution in [1.82, 2.24) is 0 Å². The molecule has 0 aromatic rings. The van der Waals surface area contributed by atoms with Gasteiger partial charge in [0, 0.05) is 31.1 Å². The van der Waals surface area contributed by atoms with E-state index in [1.165, 1.54) is 13.8 Å². The molecular formula is C23H34O5. The van der Waals surface area contributed by atoms with Crippen LogP contribution in [0.5, 0.6) is 0 Å². The van der Waals surface area contributed by atoms with Crippen LogP contribution in [0.1, 0.15) is 78.6 Å². The Morgan fingerprint density at radius 3 is 2.50 bits per heavy atom. The third-order valence-corrected chi connectivity index (χ3v) is 8.90. The average molecular weight is 391 g/mol. The molecule has 0 amide bonds. The van der Waals surface area contributed by atoms with Crippen LogP contribution in [0.25, 0.3) is 0 Å². The quantitative estimate of drug-likeness (QED) is 0.679. The molecule has 0 heterocycles. The summed E-state index contributed by atoms with van der Waals surface area (Å²) in [6.45, 7) is 5.66. The number of ketones is 1. The molecule has 7 unspecified atom stereocenters. The molecule has 0 aromatic heterocycles. The Bertz CT molecular complexity index is 672. The van der Waals surface area contributed by atoms with E-state index >= 15 is 0 Å². The van der Waals surface area contributed by atoms with E-state index in [4.69, 9.17) is 9.47 Å². The molecule has 4 rings (SSSR count). The van der Waals surface area contributed by atoms with Crippen molar-refractivity contribution in [2.75, 3.05) is 6.61 Å². The minimum absolute atomic E-state index is 0.00795. The molecule has 4 fully saturated rings. The largest absolute Gasteiger partial charge is 0.465 e. The first-order valence-corrected chi connectivity index (χ1v) is 11.1. The molecule has 0 radical (unpaired) electrons. The zero-order valence-corrected chi connectivity index (χ0v) is 17.5. The lowest BCUT2D eigenvalue weighted by Gasteiger charge is -2.60. The lowest BCUT2D eigenvalue weighted by molar-refractivity contribution is -0.179. The molecule has 5 heteroatoms. The highest BCUT2D eigenvalue weighted by molar-refractivity contribution is 5.87. The van der Waals surface area contributed by atoms with Gasteiger partial charge in [0.25, 0.3) is 0 Å². The van der Waals surface area contributed by atoms with Crippen molar-refractivity contribution in [2.45, 2.75) is 84.7 Å². The van der Waals surface area contributed by atoms with Crippen molar-refractivity contribution in [3.8, 4) is 0 Å². The van der Waals surface area contributed by atoms with Crippen molar-refractivity contribution in [3.63, 3.8) is 0 Å². The molecule has 156 valence electrons. The first-order valence-electron chi connectivity index (χ1n) is 11.1. The van der Waals surface area contributed by atoms with Gasteiger partial charge in [-0.05, 0) is 75.0 Å². The summed E-state index contributed by atoms with van der Waals surface area (Å²) >= 11 is 0. The highest BCUT2D eigenvalue weighted by atomic mass is 16.5. The molecule has 4 aliphatic carbocycles. The van der Waals surface area contributed by atoms with Gasteiger partial charge in [0.1, 0.15) is 11.9 Å². The van der Waals surface area contributed by atoms with E-state index in [-0.39, 0.29) is 28.9 Å². The molecule has 4 aliphatic rings. The molecular weight excluding hydrogens is 356 g/mol. The van der Waals surface area contributed by atoms with Gasteiger partial charge in [-0.3, -0.25) is 14.4 Å². The lowest BCUT2D eigenvalue weighted by atomic mass is 9.45. The number of hydrogen-bond acceptors (Lipinski definition) is 5. The molecule has 0 spiro atoms. The highest BCUT2D eigenvalue weighted by Crippen LogP contribution is 2.65. The van der Waals surface area contributed by atoms with E-state index in [2.05, 4.69) is 6.92 Å². The molecule has 0 aromatic carbocycles. The molecule has 0 bridgehead atoms. The number of rotatable bonds is 3. The Hall–Kier alpha value is -1.39. The monoisotopic (exact) mass is 390 g/mol. The summed E-state index contributed by atoms with van der Waals surface area (Å²) in [6.07, 6.45) is 8.69. The summed E-state index contributed by atoms with van der Waals surface area (Å²) in [5.41, 5.74) is -0.149. The van der Waals surface area contributed by atoms with Gasteiger partial charge < -0.3 is 9.47 Å². The van der Waals surface area contributed by atoms with E-state index < -0.39 is 0 Å². The Morgan fingerprint density at radius 1 is 1.00 bits per heavy atom. The van der Waals surface area contributed by atoms with E-state index in [1.54, 1.807) is 0 Å². The van der Waals surface area contributed by atoms with Crippen LogP contribution >= 0.6 is 0 Å². The second-order valence-electron chi connectivity index (χ2n) is 10.1. The van der Waals surface area contributed by atoms with Crippen LogP contribution in [0.4, 0.5) is 0 Å². The van der Waals surface area contributed by atoms with Gasteiger partial charge in [0.05, 0.1) is 6.61 Å². The number of ether oxygens (including phenoxy) is 2. The van der Waals surface area contributed by atoms with E-state index in [9.17, 15) is 14.4 Å². The topological polar surface area (TPSA) is 69.7 Å². The van der Waals surface area contributed by atoms with E-state index in [0.717, 1.165) is 57.8 Å². The number of carbonyl (C=O) groups is 3. The number of esters is 2. The van der Waals surface area contributed by atoms with Gasteiger partial charge >= 0.3 is 11.9 Å². The summed E-state index contributed by atoms with van der Waals surface area (Å²) < 4.78 is 11.2. The lowest BCUT2D eigenvalue weighted by Crippen LogP contribution is -2.57. The predicted octanol–water partition coefficient (Wildman–Crippen LogP) is 4.07. The number of carbonyl (C=O) groups excluding carboxylic acids is 3. The summed E-state index contributed by atoms with van der Waals surface area (Å²) in [7, 11) is 0.